The number of nitrogens with one attached hydrogen (secondary N) is 6. The topological polar surface area (TPSA) is 280 Å². The van der Waals surface area contributed by atoms with E-state index in [1.54, 1.807) is 45.0 Å². The number of benzene rings is 1. The molecule has 0 spiro atoms. The average molecular weight is 801 g/mol. The molecular weight excluding hydrogens is 736 g/mol. The van der Waals surface area contributed by atoms with Gasteiger partial charge in [-0.2, -0.15) is 0 Å². The molecule has 1 aromatic rings. The summed E-state index contributed by atoms with van der Waals surface area (Å²) >= 11 is 0. The Morgan fingerprint density at radius 2 is 1.44 bits per heavy atom. The largest absolute Gasteiger partial charge is 0.391 e. The van der Waals surface area contributed by atoms with E-state index in [9.17, 15) is 38.7 Å². The van der Waals surface area contributed by atoms with Crippen molar-refractivity contribution in [3.63, 3.8) is 0 Å². The number of likely N-dealkylation sites (N-methyl/N-ethyl adjacent to an activating group) is 1. The van der Waals surface area contributed by atoms with Crippen LogP contribution >= 0.6 is 0 Å². The van der Waals surface area contributed by atoms with Gasteiger partial charge in [-0.15, -0.1) is 0 Å². The molecule has 1 aromatic carbocycles. The Bertz CT molecular complexity index is 1540. The van der Waals surface area contributed by atoms with Crippen molar-refractivity contribution in [2.75, 3.05) is 19.6 Å². The van der Waals surface area contributed by atoms with E-state index in [1.165, 1.54) is 18.7 Å². The normalized spacial score (nSPS) is 17.3. The van der Waals surface area contributed by atoms with E-state index in [0.29, 0.717) is 45.2 Å². The number of likely N-dealkylation sites (tertiary alicyclic amines) is 1. The van der Waals surface area contributed by atoms with E-state index >= 15 is 0 Å². The molecule has 1 aliphatic heterocycles. The Morgan fingerprint density at radius 3 is 2.02 bits per heavy atom. The first kappa shape index (κ1) is 47.9. The highest BCUT2D eigenvalue weighted by Gasteiger charge is 2.39. The van der Waals surface area contributed by atoms with Gasteiger partial charge < -0.3 is 53.4 Å². The molecule has 0 aromatic heterocycles. The Kier molecular flexibility index (Phi) is 20.5. The lowest BCUT2D eigenvalue weighted by Gasteiger charge is -2.31. The van der Waals surface area contributed by atoms with Gasteiger partial charge in [0.15, 0.2) is 5.96 Å². The van der Waals surface area contributed by atoms with Gasteiger partial charge in [0.25, 0.3) is 0 Å². The highest BCUT2D eigenvalue weighted by molar-refractivity contribution is 5.97. The minimum Gasteiger partial charge on any atom is -0.391 e. The van der Waals surface area contributed by atoms with Crippen molar-refractivity contribution in [2.45, 2.75) is 135 Å². The first-order valence-electron chi connectivity index (χ1n) is 19.9. The second-order valence-electron chi connectivity index (χ2n) is 14.5. The quantitative estimate of drug-likeness (QED) is 0.0373. The molecule has 18 heteroatoms. The van der Waals surface area contributed by atoms with Crippen LogP contribution in [0.5, 0.6) is 0 Å². The molecule has 2 rings (SSSR count). The van der Waals surface area contributed by atoms with Crippen LogP contribution in [0, 0.1) is 5.92 Å². The number of carbonyl (C=O) groups excluding carboxylic acids is 7. The third-order valence-corrected chi connectivity index (χ3v) is 9.79. The van der Waals surface area contributed by atoms with Crippen LogP contribution in [0.4, 0.5) is 0 Å². The standard InChI is InChI=1S/C39H64N10O8/c1-7-15-27(45-37(56)32(24(5)50)48-34(53)29(44-25(6)51)22-26-16-11-10-12-17-26)33(52)47-31(23(4)8-2)36(55)46-28(18-13-20-43-39(40)41)38(57)49-21-14-19-30(49)35(54)42-9-3/h10-12,16-17,23-24,27-32,50H,7-9,13-15,18-22H2,1-6H3,(H,42,54)(H,44,51)(H,45,56)(H,46,55)(H,47,52)(H,48,53)(H4,40,41,43)/t23-,24+,27-,28-,29+,30-,31-,32-/m0/s1. The van der Waals surface area contributed by atoms with Crippen molar-refractivity contribution in [3.05, 3.63) is 35.9 Å². The number of aliphatic imine (C=N–C) groups is 1. The van der Waals surface area contributed by atoms with Crippen molar-refractivity contribution in [2.24, 2.45) is 22.4 Å². The van der Waals surface area contributed by atoms with Crippen LogP contribution in [-0.4, -0.2) is 119 Å². The number of amides is 7. The monoisotopic (exact) mass is 800 g/mol. The summed E-state index contributed by atoms with van der Waals surface area (Å²) < 4.78 is 0. The summed E-state index contributed by atoms with van der Waals surface area (Å²) in [7, 11) is 0. The van der Waals surface area contributed by atoms with Crippen LogP contribution < -0.4 is 43.4 Å². The third-order valence-electron chi connectivity index (χ3n) is 9.79. The van der Waals surface area contributed by atoms with Gasteiger partial charge in [0, 0.05) is 33.0 Å². The Balaban J connectivity index is 2.28. The van der Waals surface area contributed by atoms with Crippen LogP contribution in [0.15, 0.2) is 35.3 Å². The summed E-state index contributed by atoms with van der Waals surface area (Å²) in [5, 5.41) is 26.7. The van der Waals surface area contributed by atoms with E-state index in [1.807, 2.05) is 13.0 Å². The van der Waals surface area contributed by atoms with Crippen LogP contribution in [0.3, 0.4) is 0 Å². The Labute approximate surface area is 335 Å². The van der Waals surface area contributed by atoms with Gasteiger partial charge in [-0.05, 0) is 57.4 Å². The third kappa shape index (κ3) is 15.7. The summed E-state index contributed by atoms with van der Waals surface area (Å²) in [4.78, 5) is 99.0. The van der Waals surface area contributed by atoms with Gasteiger partial charge in [0.1, 0.15) is 36.3 Å². The first-order valence-corrected chi connectivity index (χ1v) is 19.9. The molecule has 0 bridgehead atoms. The van der Waals surface area contributed by atoms with Gasteiger partial charge in [-0.1, -0.05) is 63.9 Å². The fraction of sp³-hybridized carbons (Fsp3) is 0.641. The Morgan fingerprint density at radius 1 is 0.825 bits per heavy atom. The second kappa shape index (κ2) is 24.4. The van der Waals surface area contributed by atoms with Crippen LogP contribution in [0.1, 0.15) is 92.1 Å². The predicted molar refractivity (Wildman–Crippen MR) is 215 cm³/mol. The molecule has 0 saturated carbocycles. The van der Waals surface area contributed by atoms with Crippen molar-refractivity contribution >= 4 is 47.3 Å². The van der Waals surface area contributed by atoms with E-state index in [-0.39, 0.29) is 37.7 Å². The van der Waals surface area contributed by atoms with Crippen molar-refractivity contribution in [3.8, 4) is 0 Å². The number of aliphatic hydroxyl groups is 1. The van der Waals surface area contributed by atoms with E-state index in [2.05, 4.69) is 36.9 Å². The lowest BCUT2D eigenvalue weighted by atomic mass is 9.96. The van der Waals surface area contributed by atoms with Crippen molar-refractivity contribution < 1.29 is 38.7 Å². The van der Waals surface area contributed by atoms with Crippen molar-refractivity contribution in [1.29, 1.82) is 0 Å². The van der Waals surface area contributed by atoms with Gasteiger partial charge in [0.05, 0.1) is 6.10 Å². The number of guanidine groups is 1. The minimum absolute atomic E-state index is 0.120. The lowest BCUT2D eigenvalue weighted by Crippen LogP contribution is -2.62. The zero-order valence-corrected chi connectivity index (χ0v) is 34.1. The summed E-state index contributed by atoms with van der Waals surface area (Å²) in [6, 6.07) is 2.34. The smallest absolute Gasteiger partial charge is 0.245 e. The van der Waals surface area contributed by atoms with Gasteiger partial charge in [0.2, 0.25) is 41.4 Å². The fourth-order valence-corrected chi connectivity index (χ4v) is 6.56. The molecule has 1 aliphatic rings. The Hall–Kier alpha value is -5.26. The van der Waals surface area contributed by atoms with Crippen molar-refractivity contribution in [1.82, 2.24) is 36.8 Å². The summed E-state index contributed by atoms with van der Waals surface area (Å²) in [6.07, 6.45) is 1.36. The molecule has 11 N–H and O–H groups in total. The molecule has 57 heavy (non-hydrogen) atoms. The maximum absolute atomic E-state index is 14.0. The number of rotatable bonds is 23. The summed E-state index contributed by atoms with van der Waals surface area (Å²) in [5.74, 6) is -4.61. The molecule has 1 saturated heterocycles. The molecule has 1 fully saturated rings. The lowest BCUT2D eigenvalue weighted by molar-refractivity contribution is -0.142. The van der Waals surface area contributed by atoms with Gasteiger partial charge in [-0.25, -0.2) is 0 Å². The van der Waals surface area contributed by atoms with E-state index < -0.39 is 83.7 Å². The molecule has 0 radical (unpaired) electrons. The van der Waals surface area contributed by atoms with Gasteiger partial charge in [-0.3, -0.25) is 38.6 Å². The fourth-order valence-electron chi connectivity index (χ4n) is 6.56. The van der Waals surface area contributed by atoms with Gasteiger partial charge >= 0.3 is 0 Å². The number of hydrogen-bond donors (Lipinski definition) is 9. The molecule has 8 atom stereocenters. The minimum atomic E-state index is -1.50. The first-order chi connectivity index (χ1) is 27.0. The highest BCUT2D eigenvalue weighted by Crippen LogP contribution is 2.20. The average Bonchev–Trinajstić information content (AvgIpc) is 3.66. The summed E-state index contributed by atoms with van der Waals surface area (Å²) in [5.41, 5.74) is 11.7. The number of aliphatic hydroxyl groups excluding tert-OH is 1. The zero-order chi connectivity index (χ0) is 42.7. The maximum atomic E-state index is 14.0. The number of nitrogens with two attached hydrogens (primary N) is 2. The van der Waals surface area contributed by atoms with Crippen LogP contribution in [0.25, 0.3) is 0 Å². The summed E-state index contributed by atoms with van der Waals surface area (Å²) in [6.45, 7) is 10.7. The van der Waals surface area contributed by atoms with E-state index in [0.717, 1.165) is 5.56 Å². The number of hydrogen-bond acceptors (Lipinski definition) is 9. The molecule has 18 nitrogen and oxygen atoms in total. The highest BCUT2D eigenvalue weighted by atomic mass is 16.3. The number of nitrogens with zero attached hydrogens (tertiary/aromatic N) is 2. The molecule has 0 unspecified atom stereocenters. The van der Waals surface area contributed by atoms with E-state index in [4.69, 9.17) is 11.5 Å². The maximum Gasteiger partial charge on any atom is 0.245 e. The number of carbonyl (C=O) groups is 7. The zero-order valence-electron chi connectivity index (χ0n) is 34.1. The molecule has 1 heterocycles. The predicted octanol–water partition coefficient (Wildman–Crippen LogP) is -0.919. The van der Waals surface area contributed by atoms with Crippen LogP contribution in [-0.2, 0) is 40.0 Å². The molecule has 318 valence electrons. The molecule has 7 amide bonds. The molecule has 0 aliphatic carbocycles. The second-order valence-corrected chi connectivity index (χ2v) is 14.5. The SMILES string of the molecule is CCC[C@H](NC(=O)[C@@H](NC(=O)[C@@H](Cc1ccccc1)NC(C)=O)[C@@H](C)O)C(=O)N[C@H](C(=O)N[C@@H](CCCN=C(N)N)C(=O)N1CCC[C@H]1C(=O)NCC)[C@@H](C)CC. The van der Waals surface area contributed by atoms with Crippen LogP contribution in [0.2, 0.25) is 0 Å². The molecular formula is C39H64N10O8.